The molecular weight excluding hydrogens is 164 g/mol. The molecule has 68 valence electrons. The van der Waals surface area contributed by atoms with Crippen LogP contribution in [0.15, 0.2) is 23.1 Å². The molecule has 13 heavy (non-hydrogen) atoms. The molecule has 0 saturated carbocycles. The van der Waals surface area contributed by atoms with Crippen LogP contribution >= 0.6 is 0 Å². The zero-order valence-electron chi connectivity index (χ0n) is 7.72. The average Bonchev–Trinajstić information content (AvgIpc) is 2.46. The molecule has 0 atom stereocenters. The zero-order valence-corrected chi connectivity index (χ0v) is 7.72. The molecule has 0 amide bonds. The van der Waals surface area contributed by atoms with Crippen molar-refractivity contribution >= 4 is 11.0 Å². The Bertz CT molecular complexity index is 479. The summed E-state index contributed by atoms with van der Waals surface area (Å²) in [7, 11) is 0. The summed E-state index contributed by atoms with van der Waals surface area (Å²) in [6.45, 7) is 4.21. The monoisotopic (exact) mass is 176 g/mol. The van der Waals surface area contributed by atoms with E-state index in [2.05, 4.69) is 23.8 Å². The van der Waals surface area contributed by atoms with Gasteiger partial charge in [-0.2, -0.15) is 0 Å². The smallest absolute Gasteiger partial charge is 0.248 e. The summed E-state index contributed by atoms with van der Waals surface area (Å²) in [6, 6.07) is 3.34. The Labute approximate surface area is 75.8 Å². The Balaban J connectivity index is 2.79. The predicted octanol–water partition coefficient (Wildman–Crippen LogP) is 1.98. The van der Waals surface area contributed by atoms with Gasteiger partial charge in [-0.3, -0.25) is 4.79 Å². The minimum Gasteiger partial charge on any atom is -0.360 e. The largest absolute Gasteiger partial charge is 0.360 e. The van der Waals surface area contributed by atoms with Crippen molar-refractivity contribution in [1.29, 1.82) is 0 Å². The average molecular weight is 176 g/mol. The summed E-state index contributed by atoms with van der Waals surface area (Å²) < 4.78 is 0. The summed E-state index contributed by atoms with van der Waals surface area (Å²) in [4.78, 5) is 17.0. The fourth-order valence-electron chi connectivity index (χ4n) is 1.51. The second-order valence-corrected chi connectivity index (χ2v) is 3.51. The van der Waals surface area contributed by atoms with Crippen LogP contribution in [0.25, 0.3) is 11.0 Å². The second kappa shape index (κ2) is 2.76. The van der Waals surface area contributed by atoms with Crippen molar-refractivity contribution in [3.63, 3.8) is 0 Å². The first-order chi connectivity index (χ1) is 6.18. The van der Waals surface area contributed by atoms with Crippen molar-refractivity contribution < 1.29 is 0 Å². The molecule has 0 saturated heterocycles. The van der Waals surface area contributed by atoms with Crippen molar-refractivity contribution in [3.05, 3.63) is 34.2 Å². The van der Waals surface area contributed by atoms with Crippen LogP contribution in [0.3, 0.4) is 0 Å². The van der Waals surface area contributed by atoms with Crippen molar-refractivity contribution in [2.45, 2.75) is 19.8 Å². The lowest BCUT2D eigenvalue weighted by molar-refractivity contribution is 0.872. The molecule has 0 aliphatic heterocycles. The van der Waals surface area contributed by atoms with Crippen LogP contribution in [0, 0.1) is 0 Å². The minimum atomic E-state index is -0.0472. The molecular formula is C10H12N2O. The van der Waals surface area contributed by atoms with E-state index in [1.165, 1.54) is 6.07 Å². The summed E-state index contributed by atoms with van der Waals surface area (Å²) in [5, 5.41) is 0. The van der Waals surface area contributed by atoms with E-state index in [1.807, 2.05) is 6.20 Å². The number of hydrogen-bond acceptors (Lipinski definition) is 1. The molecule has 0 aliphatic rings. The van der Waals surface area contributed by atoms with E-state index in [0.29, 0.717) is 5.92 Å². The number of aromatic nitrogens is 2. The fraction of sp³-hybridized carbons (Fsp3) is 0.300. The first-order valence-electron chi connectivity index (χ1n) is 4.39. The zero-order chi connectivity index (χ0) is 9.42. The topological polar surface area (TPSA) is 48.6 Å². The highest BCUT2D eigenvalue weighted by molar-refractivity contribution is 5.78. The number of hydrogen-bond donors (Lipinski definition) is 2. The fourth-order valence-corrected chi connectivity index (χ4v) is 1.51. The maximum absolute atomic E-state index is 11.1. The van der Waals surface area contributed by atoms with Gasteiger partial charge in [0, 0.05) is 12.3 Å². The summed E-state index contributed by atoms with van der Waals surface area (Å²) in [5.41, 5.74) is 3.03. The van der Waals surface area contributed by atoms with Crippen LogP contribution in [0.1, 0.15) is 25.3 Å². The van der Waals surface area contributed by atoms with E-state index >= 15 is 0 Å². The molecule has 2 heterocycles. The van der Waals surface area contributed by atoms with E-state index in [9.17, 15) is 4.79 Å². The standard InChI is InChI=1S/C10H12N2O/c1-6(2)7-5-11-8-3-4-9(13)12-10(7)8/h3-6,11H,1-2H3,(H,12,13). The van der Waals surface area contributed by atoms with Crippen LogP contribution in [0.5, 0.6) is 0 Å². The normalized spacial score (nSPS) is 11.3. The molecule has 0 unspecified atom stereocenters. The third-order valence-corrected chi connectivity index (χ3v) is 2.21. The van der Waals surface area contributed by atoms with E-state index in [-0.39, 0.29) is 5.56 Å². The predicted molar refractivity (Wildman–Crippen MR) is 53.0 cm³/mol. The van der Waals surface area contributed by atoms with Crippen molar-refractivity contribution in [3.8, 4) is 0 Å². The Morgan fingerprint density at radius 3 is 2.77 bits per heavy atom. The highest BCUT2D eigenvalue weighted by Gasteiger charge is 2.06. The lowest BCUT2D eigenvalue weighted by Crippen LogP contribution is -2.02. The molecule has 2 aromatic heterocycles. The van der Waals surface area contributed by atoms with Crippen LogP contribution in [-0.4, -0.2) is 9.97 Å². The Morgan fingerprint density at radius 1 is 1.31 bits per heavy atom. The van der Waals surface area contributed by atoms with Gasteiger partial charge in [0.25, 0.3) is 0 Å². The van der Waals surface area contributed by atoms with Crippen molar-refractivity contribution in [1.82, 2.24) is 9.97 Å². The van der Waals surface area contributed by atoms with Gasteiger partial charge in [0.2, 0.25) is 5.56 Å². The van der Waals surface area contributed by atoms with Crippen LogP contribution in [0.2, 0.25) is 0 Å². The van der Waals surface area contributed by atoms with E-state index in [1.54, 1.807) is 6.07 Å². The lowest BCUT2D eigenvalue weighted by Gasteiger charge is -2.00. The van der Waals surface area contributed by atoms with Gasteiger partial charge >= 0.3 is 0 Å². The number of H-pyrrole nitrogens is 2. The van der Waals surface area contributed by atoms with Gasteiger partial charge in [-0.25, -0.2) is 0 Å². The third-order valence-electron chi connectivity index (χ3n) is 2.21. The van der Waals surface area contributed by atoms with Crippen LogP contribution < -0.4 is 5.56 Å². The van der Waals surface area contributed by atoms with E-state index < -0.39 is 0 Å². The molecule has 0 spiro atoms. The van der Waals surface area contributed by atoms with Crippen molar-refractivity contribution in [2.75, 3.05) is 0 Å². The SMILES string of the molecule is CC(C)c1c[nH]c2ccc(=O)[nH]c12. The molecule has 0 aliphatic carbocycles. The summed E-state index contributed by atoms with van der Waals surface area (Å²) in [6.07, 6.45) is 1.95. The Hall–Kier alpha value is -1.51. The van der Waals surface area contributed by atoms with Gasteiger partial charge in [-0.1, -0.05) is 13.8 Å². The van der Waals surface area contributed by atoms with Gasteiger partial charge in [0.15, 0.2) is 0 Å². The number of aromatic amines is 2. The number of rotatable bonds is 1. The summed E-state index contributed by atoms with van der Waals surface area (Å²) >= 11 is 0. The van der Waals surface area contributed by atoms with E-state index in [0.717, 1.165) is 16.6 Å². The minimum absolute atomic E-state index is 0.0472. The van der Waals surface area contributed by atoms with Gasteiger partial charge in [0.1, 0.15) is 0 Å². The van der Waals surface area contributed by atoms with E-state index in [4.69, 9.17) is 0 Å². The molecule has 0 bridgehead atoms. The molecule has 2 rings (SSSR count). The maximum Gasteiger partial charge on any atom is 0.248 e. The first kappa shape index (κ1) is 8.10. The van der Waals surface area contributed by atoms with Gasteiger partial charge in [0.05, 0.1) is 11.0 Å². The van der Waals surface area contributed by atoms with Crippen LogP contribution in [-0.2, 0) is 0 Å². The van der Waals surface area contributed by atoms with Gasteiger partial charge in [-0.05, 0) is 17.5 Å². The molecule has 2 N–H and O–H groups in total. The van der Waals surface area contributed by atoms with Crippen LogP contribution in [0.4, 0.5) is 0 Å². The molecule has 0 radical (unpaired) electrons. The van der Waals surface area contributed by atoms with Gasteiger partial charge in [-0.15, -0.1) is 0 Å². The first-order valence-corrected chi connectivity index (χ1v) is 4.39. The highest BCUT2D eigenvalue weighted by atomic mass is 16.1. The molecule has 0 fully saturated rings. The van der Waals surface area contributed by atoms with Crippen molar-refractivity contribution in [2.24, 2.45) is 0 Å². The maximum atomic E-state index is 11.1. The summed E-state index contributed by atoms with van der Waals surface area (Å²) in [5.74, 6) is 0.423. The third kappa shape index (κ3) is 1.26. The van der Waals surface area contributed by atoms with Gasteiger partial charge < -0.3 is 9.97 Å². The second-order valence-electron chi connectivity index (χ2n) is 3.51. The number of pyridine rings is 1. The number of fused-ring (bicyclic) bond motifs is 1. The quantitative estimate of drug-likeness (QED) is 0.685. The highest BCUT2D eigenvalue weighted by Crippen LogP contribution is 2.21. The Kier molecular flexibility index (Phi) is 1.72. The molecule has 3 heteroatoms. The molecule has 2 aromatic rings. The molecule has 0 aromatic carbocycles. The number of nitrogens with one attached hydrogen (secondary N) is 2. The Morgan fingerprint density at radius 2 is 2.08 bits per heavy atom. The molecule has 3 nitrogen and oxygen atoms in total. The lowest BCUT2D eigenvalue weighted by atomic mass is 10.1.